The Morgan fingerprint density at radius 2 is 1.87 bits per heavy atom. The van der Waals surface area contributed by atoms with E-state index in [4.69, 9.17) is 0 Å². The van der Waals surface area contributed by atoms with Gasteiger partial charge in [0, 0.05) is 36.3 Å². The topological polar surface area (TPSA) is 149 Å². The van der Waals surface area contributed by atoms with Crippen molar-refractivity contribution in [1.82, 2.24) is 20.5 Å². The molecule has 1 saturated carbocycles. The Hall–Kier alpha value is -3.79. The normalized spacial score (nSPS) is 25.1. The first kappa shape index (κ1) is 25.8. The van der Waals surface area contributed by atoms with Crippen LogP contribution in [-0.4, -0.2) is 76.1 Å². The van der Waals surface area contributed by atoms with Crippen molar-refractivity contribution in [3.05, 3.63) is 59.4 Å². The Bertz CT molecular complexity index is 1240. The van der Waals surface area contributed by atoms with Crippen LogP contribution in [0.2, 0.25) is 0 Å². The van der Waals surface area contributed by atoms with E-state index in [0.29, 0.717) is 30.6 Å². The van der Waals surface area contributed by atoms with Crippen LogP contribution in [0.15, 0.2) is 42.6 Å². The van der Waals surface area contributed by atoms with Gasteiger partial charge in [0.2, 0.25) is 11.8 Å². The van der Waals surface area contributed by atoms with Gasteiger partial charge in [0.1, 0.15) is 18.3 Å². The molecule has 1 aromatic heterocycles. The van der Waals surface area contributed by atoms with E-state index >= 15 is 0 Å². The van der Waals surface area contributed by atoms with E-state index in [2.05, 4.69) is 15.6 Å². The molecule has 5 rings (SSSR count). The Kier molecular flexibility index (Phi) is 7.42. The molecule has 0 bridgehead atoms. The Balaban J connectivity index is 1.34. The molecule has 2 saturated heterocycles. The molecule has 1 aliphatic carbocycles. The number of aliphatic hydroxyl groups is 1. The molecule has 38 heavy (non-hydrogen) atoms. The van der Waals surface area contributed by atoms with Crippen molar-refractivity contribution >= 4 is 29.3 Å². The van der Waals surface area contributed by atoms with Crippen molar-refractivity contribution in [2.24, 2.45) is 17.8 Å². The lowest BCUT2D eigenvalue weighted by molar-refractivity contribution is -0.133. The van der Waals surface area contributed by atoms with Gasteiger partial charge in [-0.25, -0.2) is 0 Å². The van der Waals surface area contributed by atoms with Crippen LogP contribution >= 0.6 is 0 Å². The largest absolute Gasteiger partial charge is 0.389 e. The molecule has 200 valence electrons. The van der Waals surface area contributed by atoms with E-state index in [1.54, 1.807) is 24.3 Å². The van der Waals surface area contributed by atoms with Crippen LogP contribution < -0.4 is 10.6 Å². The average molecular weight is 521 g/mol. The highest BCUT2D eigenvalue weighted by atomic mass is 16.3. The Labute approximate surface area is 220 Å². The lowest BCUT2D eigenvalue weighted by atomic mass is 9.92. The summed E-state index contributed by atoms with van der Waals surface area (Å²) in [4.78, 5) is 69.1. The molecule has 10 heteroatoms. The fourth-order valence-electron chi connectivity index (χ4n) is 6.20. The summed E-state index contributed by atoms with van der Waals surface area (Å²) in [5.74, 6) is -2.08. The van der Waals surface area contributed by atoms with Crippen LogP contribution in [0.4, 0.5) is 0 Å². The number of carbonyl (C=O) groups is 5. The van der Waals surface area contributed by atoms with Gasteiger partial charge in [-0.15, -0.1) is 0 Å². The number of likely N-dealkylation sites (tertiary alicyclic amines) is 1. The van der Waals surface area contributed by atoms with Gasteiger partial charge in [0.05, 0.1) is 6.04 Å². The van der Waals surface area contributed by atoms with Gasteiger partial charge in [-0.3, -0.25) is 24.0 Å². The molecule has 0 radical (unpaired) electrons. The number of benzene rings is 1. The standard InChI is InChI=1S/C28H32N4O6/c33-15-23(34)21(11-17-9-10-29-26(17)36)31-27(37)24-20-8-4-7-18(20)14-32(24)28(38)22-12-19(13-30-22)25(35)16-5-2-1-3-6-16/h1-3,5-6,12-13,17-18,20-21,24,30,33H,4,7-11,14-15H2,(H,29,36)(H,31,37)/t17-,18-,20-,21-,24-/m0/s1. The number of hydrogen-bond acceptors (Lipinski definition) is 6. The maximum Gasteiger partial charge on any atom is 0.270 e. The molecule has 3 aliphatic rings. The predicted molar refractivity (Wildman–Crippen MR) is 136 cm³/mol. The number of aliphatic hydroxyl groups excluding tert-OH is 1. The summed E-state index contributed by atoms with van der Waals surface area (Å²) in [6.45, 7) is 0.169. The number of aromatic nitrogens is 1. The van der Waals surface area contributed by atoms with Crippen LogP contribution in [0.5, 0.6) is 0 Å². The number of nitrogens with zero attached hydrogens (tertiary/aromatic N) is 1. The molecule has 2 aromatic rings. The zero-order chi connectivity index (χ0) is 26.8. The third-order valence-corrected chi connectivity index (χ3v) is 8.18. The predicted octanol–water partition coefficient (Wildman–Crippen LogP) is 1.06. The van der Waals surface area contributed by atoms with Crippen molar-refractivity contribution in [2.45, 2.75) is 44.2 Å². The number of amides is 3. The number of carbonyl (C=O) groups excluding carboxylic acids is 5. The minimum atomic E-state index is -1.01. The number of H-pyrrole nitrogens is 1. The molecule has 5 atom stereocenters. The molecule has 3 amide bonds. The van der Waals surface area contributed by atoms with Gasteiger partial charge in [-0.05, 0) is 43.6 Å². The second-order valence-electron chi connectivity index (χ2n) is 10.5. The third kappa shape index (κ3) is 5.00. The van der Waals surface area contributed by atoms with Gasteiger partial charge in [-0.2, -0.15) is 0 Å². The summed E-state index contributed by atoms with van der Waals surface area (Å²) in [5, 5.41) is 15.0. The lowest BCUT2D eigenvalue weighted by Crippen LogP contribution is -2.53. The lowest BCUT2D eigenvalue weighted by Gasteiger charge is -2.29. The summed E-state index contributed by atoms with van der Waals surface area (Å²) < 4.78 is 0. The first-order valence-corrected chi connectivity index (χ1v) is 13.2. The molecule has 1 aromatic carbocycles. The number of rotatable bonds is 9. The molecule has 0 spiro atoms. The van der Waals surface area contributed by atoms with Gasteiger partial charge in [0.15, 0.2) is 11.6 Å². The van der Waals surface area contributed by atoms with Crippen LogP contribution in [0.25, 0.3) is 0 Å². The van der Waals surface area contributed by atoms with Crippen molar-refractivity contribution < 1.29 is 29.1 Å². The van der Waals surface area contributed by atoms with E-state index in [0.717, 1.165) is 19.3 Å². The van der Waals surface area contributed by atoms with E-state index in [1.165, 1.54) is 17.2 Å². The van der Waals surface area contributed by atoms with Crippen molar-refractivity contribution in [3.63, 3.8) is 0 Å². The number of nitrogens with one attached hydrogen (secondary N) is 3. The van der Waals surface area contributed by atoms with Gasteiger partial charge < -0.3 is 25.6 Å². The third-order valence-electron chi connectivity index (χ3n) is 8.18. The summed E-state index contributed by atoms with van der Waals surface area (Å²) >= 11 is 0. The molecule has 4 N–H and O–H groups in total. The highest BCUT2D eigenvalue weighted by Gasteiger charge is 2.50. The smallest absolute Gasteiger partial charge is 0.270 e. The van der Waals surface area contributed by atoms with Gasteiger partial charge >= 0.3 is 0 Å². The number of aromatic amines is 1. The SMILES string of the molecule is O=C(c1ccccc1)c1c[nH]c(C(=O)N2C[C@@H]3CCC[C@@H]3[C@H]2C(=O)N[C@@H](C[C@@H]2CCNC2=O)C(=O)CO)c1. The number of Topliss-reactive ketones (excluding diaryl/α,β-unsaturated/α-hetero) is 1. The quantitative estimate of drug-likeness (QED) is 0.363. The van der Waals surface area contributed by atoms with E-state index in [-0.39, 0.29) is 41.5 Å². The first-order valence-electron chi connectivity index (χ1n) is 13.2. The molecule has 3 fully saturated rings. The molecular weight excluding hydrogens is 488 g/mol. The van der Waals surface area contributed by atoms with Crippen LogP contribution in [0.1, 0.15) is 58.5 Å². The van der Waals surface area contributed by atoms with E-state index < -0.39 is 36.3 Å². The van der Waals surface area contributed by atoms with Crippen LogP contribution in [-0.2, 0) is 14.4 Å². The van der Waals surface area contributed by atoms with E-state index in [9.17, 15) is 29.1 Å². The van der Waals surface area contributed by atoms with Crippen LogP contribution in [0.3, 0.4) is 0 Å². The number of ketones is 2. The molecule has 10 nitrogen and oxygen atoms in total. The molecular formula is C28H32N4O6. The minimum absolute atomic E-state index is 0.0426. The first-order chi connectivity index (χ1) is 18.4. The highest BCUT2D eigenvalue weighted by molar-refractivity contribution is 6.10. The molecule has 3 heterocycles. The summed E-state index contributed by atoms with van der Waals surface area (Å²) in [6.07, 6.45) is 4.81. The Morgan fingerprint density at radius 1 is 1.08 bits per heavy atom. The summed E-state index contributed by atoms with van der Waals surface area (Å²) in [6, 6.07) is 8.49. The maximum atomic E-state index is 13.6. The Morgan fingerprint density at radius 3 is 2.58 bits per heavy atom. The highest BCUT2D eigenvalue weighted by Crippen LogP contribution is 2.43. The number of hydrogen-bond donors (Lipinski definition) is 4. The fraction of sp³-hybridized carbons (Fsp3) is 0.464. The van der Waals surface area contributed by atoms with Crippen molar-refractivity contribution in [3.8, 4) is 0 Å². The van der Waals surface area contributed by atoms with Gasteiger partial charge in [-0.1, -0.05) is 36.8 Å². The summed E-state index contributed by atoms with van der Waals surface area (Å²) in [5.41, 5.74) is 1.07. The van der Waals surface area contributed by atoms with Crippen LogP contribution in [0, 0.1) is 17.8 Å². The monoisotopic (exact) mass is 520 g/mol. The average Bonchev–Trinajstić information content (AvgIpc) is 3.72. The second kappa shape index (κ2) is 10.9. The zero-order valence-electron chi connectivity index (χ0n) is 21.0. The molecule has 0 unspecified atom stereocenters. The summed E-state index contributed by atoms with van der Waals surface area (Å²) in [7, 11) is 0. The maximum absolute atomic E-state index is 13.6. The zero-order valence-corrected chi connectivity index (χ0v) is 21.0. The number of fused-ring (bicyclic) bond motifs is 1. The minimum Gasteiger partial charge on any atom is -0.389 e. The van der Waals surface area contributed by atoms with E-state index in [1.807, 2.05) is 6.07 Å². The second-order valence-corrected chi connectivity index (χ2v) is 10.5. The van der Waals surface area contributed by atoms with Gasteiger partial charge in [0.25, 0.3) is 5.91 Å². The molecule has 2 aliphatic heterocycles. The van der Waals surface area contributed by atoms with Crippen molar-refractivity contribution in [1.29, 1.82) is 0 Å². The van der Waals surface area contributed by atoms with Crippen molar-refractivity contribution in [2.75, 3.05) is 19.7 Å². The fourth-order valence-corrected chi connectivity index (χ4v) is 6.20.